The molecule has 6 nitrogen and oxygen atoms in total. The monoisotopic (exact) mass is 362 g/mol. The van der Waals surface area contributed by atoms with Crippen molar-refractivity contribution in [2.45, 2.75) is 11.4 Å². The number of nitrogens with two attached hydrogens (primary N) is 1. The van der Waals surface area contributed by atoms with Crippen molar-refractivity contribution in [1.29, 1.82) is 0 Å². The van der Waals surface area contributed by atoms with Crippen LogP contribution in [0.3, 0.4) is 0 Å². The fourth-order valence-electron chi connectivity index (χ4n) is 1.59. The van der Waals surface area contributed by atoms with Crippen molar-refractivity contribution in [3.05, 3.63) is 40.6 Å². The highest BCUT2D eigenvalue weighted by Crippen LogP contribution is 2.29. The minimum Gasteiger partial charge on any atom is -0.396 e. The molecule has 0 unspecified atom stereocenters. The summed E-state index contributed by atoms with van der Waals surface area (Å²) in [6, 6.07) is 2.12. The second-order valence-corrected chi connectivity index (χ2v) is 6.97. The van der Waals surface area contributed by atoms with Crippen LogP contribution >= 0.6 is 15.9 Å². The number of nitrogens with zero attached hydrogens (tertiary/aromatic N) is 2. The number of aromatic nitrogens is 2. The lowest BCUT2D eigenvalue weighted by Crippen LogP contribution is -2.27. The van der Waals surface area contributed by atoms with Gasteiger partial charge in [0, 0.05) is 23.9 Å². The first kappa shape index (κ1) is 14.9. The number of imidazole rings is 1. The smallest absolute Gasteiger partial charge is 0.244 e. The van der Waals surface area contributed by atoms with Crippen LogP contribution < -0.4 is 5.73 Å². The molecule has 1 heterocycles. The zero-order chi connectivity index (χ0) is 14.9. The third-order valence-corrected chi connectivity index (χ3v) is 5.43. The first-order valence-electron chi connectivity index (χ1n) is 5.51. The summed E-state index contributed by atoms with van der Waals surface area (Å²) in [4.78, 5) is 6.68. The minimum atomic E-state index is -3.81. The first-order valence-corrected chi connectivity index (χ1v) is 7.75. The standard InChI is InChI=1S/C11H12BrFN4O2S/c1-17(6-11-15-2-3-16-11)20(18,19)10-5-9(14)8(13)4-7(10)12/h2-5H,6,14H2,1H3,(H,15,16). The van der Waals surface area contributed by atoms with Crippen LogP contribution in [0.15, 0.2) is 33.9 Å². The summed E-state index contributed by atoms with van der Waals surface area (Å²) >= 11 is 3.04. The number of anilines is 1. The summed E-state index contributed by atoms with van der Waals surface area (Å²) in [6.45, 7) is 0.0685. The highest BCUT2D eigenvalue weighted by Gasteiger charge is 2.25. The fraction of sp³-hybridized carbons (Fsp3) is 0.182. The predicted molar refractivity (Wildman–Crippen MR) is 75.8 cm³/mol. The van der Waals surface area contributed by atoms with Gasteiger partial charge in [-0.1, -0.05) is 0 Å². The summed E-state index contributed by atoms with van der Waals surface area (Å²) in [5.74, 6) is -0.174. The van der Waals surface area contributed by atoms with Crippen molar-refractivity contribution in [1.82, 2.24) is 14.3 Å². The summed E-state index contributed by atoms with van der Waals surface area (Å²) in [5, 5.41) is 0. The lowest BCUT2D eigenvalue weighted by molar-refractivity contribution is 0.457. The van der Waals surface area contributed by atoms with Crippen LogP contribution in [-0.2, 0) is 16.6 Å². The number of nitrogen functional groups attached to an aromatic ring is 1. The molecule has 20 heavy (non-hydrogen) atoms. The molecule has 0 aliphatic heterocycles. The molecule has 1 aromatic heterocycles. The van der Waals surface area contributed by atoms with Crippen molar-refractivity contribution in [2.24, 2.45) is 0 Å². The van der Waals surface area contributed by atoms with Gasteiger partial charge in [-0.05, 0) is 28.1 Å². The van der Waals surface area contributed by atoms with Crippen LogP contribution in [0.1, 0.15) is 5.82 Å². The molecule has 0 radical (unpaired) electrons. The number of aromatic amines is 1. The van der Waals surface area contributed by atoms with Crippen LogP contribution in [0.4, 0.5) is 10.1 Å². The Kier molecular flexibility index (Phi) is 4.11. The zero-order valence-corrected chi connectivity index (χ0v) is 12.9. The zero-order valence-electron chi connectivity index (χ0n) is 10.5. The van der Waals surface area contributed by atoms with Crippen molar-refractivity contribution in [3.63, 3.8) is 0 Å². The summed E-state index contributed by atoms with van der Waals surface area (Å²) in [6.07, 6.45) is 3.13. The van der Waals surface area contributed by atoms with Gasteiger partial charge in [-0.15, -0.1) is 0 Å². The van der Waals surface area contributed by atoms with Gasteiger partial charge in [-0.3, -0.25) is 0 Å². The van der Waals surface area contributed by atoms with Gasteiger partial charge in [-0.2, -0.15) is 4.31 Å². The number of H-pyrrole nitrogens is 1. The average Bonchev–Trinajstić information content (AvgIpc) is 2.86. The minimum absolute atomic E-state index is 0.0685. The molecule has 0 aliphatic rings. The highest BCUT2D eigenvalue weighted by atomic mass is 79.9. The Labute approximate surface area is 124 Å². The van der Waals surface area contributed by atoms with E-state index in [1.54, 1.807) is 6.20 Å². The number of sulfonamides is 1. The molecule has 0 spiro atoms. The van der Waals surface area contributed by atoms with E-state index in [0.717, 1.165) is 16.4 Å². The van der Waals surface area contributed by atoms with Crippen molar-refractivity contribution in [2.75, 3.05) is 12.8 Å². The molecule has 108 valence electrons. The number of rotatable bonds is 4. The molecule has 0 fully saturated rings. The molecular weight excluding hydrogens is 351 g/mol. The van der Waals surface area contributed by atoms with Crippen molar-refractivity contribution < 1.29 is 12.8 Å². The molecular formula is C11H12BrFN4O2S. The van der Waals surface area contributed by atoms with Crippen LogP contribution in [-0.4, -0.2) is 29.7 Å². The Morgan fingerprint density at radius 1 is 1.50 bits per heavy atom. The molecule has 0 saturated carbocycles. The second kappa shape index (κ2) is 5.51. The molecule has 0 atom stereocenters. The molecule has 2 aromatic rings. The van der Waals surface area contributed by atoms with Gasteiger partial charge in [0.1, 0.15) is 11.6 Å². The van der Waals surface area contributed by atoms with E-state index in [9.17, 15) is 12.8 Å². The molecule has 0 bridgehead atoms. The van der Waals surface area contributed by atoms with E-state index in [-0.39, 0.29) is 21.6 Å². The normalized spacial score (nSPS) is 12.0. The maximum Gasteiger partial charge on any atom is 0.244 e. The van der Waals surface area contributed by atoms with Crippen molar-refractivity contribution >= 4 is 31.6 Å². The number of halogens is 2. The highest BCUT2D eigenvalue weighted by molar-refractivity contribution is 9.10. The van der Waals surface area contributed by atoms with Gasteiger partial charge in [0.15, 0.2) is 0 Å². The molecule has 3 N–H and O–H groups in total. The Bertz CT molecular complexity index is 718. The average molecular weight is 363 g/mol. The molecule has 0 saturated heterocycles. The first-order chi connectivity index (χ1) is 9.32. The van der Waals surface area contributed by atoms with E-state index >= 15 is 0 Å². The topological polar surface area (TPSA) is 92.1 Å². The Balaban J connectivity index is 2.37. The molecule has 1 aromatic carbocycles. The van der Waals surface area contributed by atoms with Crippen LogP contribution in [0.25, 0.3) is 0 Å². The van der Waals surface area contributed by atoms with E-state index in [0.29, 0.717) is 5.82 Å². The number of hydrogen-bond acceptors (Lipinski definition) is 4. The SMILES string of the molecule is CN(Cc1ncc[nH]1)S(=O)(=O)c1cc(N)c(F)cc1Br. The summed E-state index contributed by atoms with van der Waals surface area (Å²) in [5.41, 5.74) is 5.20. The lowest BCUT2D eigenvalue weighted by atomic mass is 10.3. The molecule has 9 heteroatoms. The summed E-state index contributed by atoms with van der Waals surface area (Å²) in [7, 11) is -2.40. The van der Waals surface area contributed by atoms with E-state index in [1.165, 1.54) is 13.2 Å². The maximum absolute atomic E-state index is 13.3. The van der Waals surface area contributed by atoms with Gasteiger partial charge >= 0.3 is 0 Å². The number of benzene rings is 1. The Morgan fingerprint density at radius 3 is 2.80 bits per heavy atom. The lowest BCUT2D eigenvalue weighted by Gasteiger charge is -2.17. The van der Waals surface area contributed by atoms with E-state index < -0.39 is 15.8 Å². The Hall–Kier alpha value is -1.45. The summed E-state index contributed by atoms with van der Waals surface area (Å²) < 4.78 is 39.3. The number of hydrogen-bond donors (Lipinski definition) is 2. The number of nitrogens with one attached hydrogen (secondary N) is 1. The van der Waals surface area contributed by atoms with Crippen molar-refractivity contribution in [3.8, 4) is 0 Å². The van der Waals surface area contributed by atoms with Gasteiger partial charge in [-0.25, -0.2) is 17.8 Å². The molecule has 2 rings (SSSR count). The van der Waals surface area contributed by atoms with Crippen LogP contribution in [0, 0.1) is 5.82 Å². The van der Waals surface area contributed by atoms with E-state index in [2.05, 4.69) is 25.9 Å². The van der Waals surface area contributed by atoms with E-state index in [1.807, 2.05) is 0 Å². The molecule has 0 aliphatic carbocycles. The van der Waals surface area contributed by atoms with Gasteiger partial charge in [0.2, 0.25) is 10.0 Å². The molecule has 0 amide bonds. The fourth-order valence-corrected chi connectivity index (χ4v) is 3.73. The van der Waals surface area contributed by atoms with Crippen LogP contribution in [0.2, 0.25) is 0 Å². The quantitative estimate of drug-likeness (QED) is 0.809. The van der Waals surface area contributed by atoms with Gasteiger partial charge in [0.25, 0.3) is 0 Å². The third kappa shape index (κ3) is 2.84. The van der Waals surface area contributed by atoms with E-state index in [4.69, 9.17) is 5.73 Å². The Morgan fingerprint density at radius 2 is 2.20 bits per heavy atom. The predicted octanol–water partition coefficient (Wildman–Crippen LogP) is 1.71. The van der Waals surface area contributed by atoms with Crippen LogP contribution in [0.5, 0.6) is 0 Å². The maximum atomic E-state index is 13.3. The van der Waals surface area contributed by atoms with Gasteiger partial charge in [0.05, 0.1) is 17.1 Å². The largest absolute Gasteiger partial charge is 0.396 e. The third-order valence-electron chi connectivity index (χ3n) is 2.67. The second-order valence-electron chi connectivity index (χ2n) is 4.10. The van der Waals surface area contributed by atoms with Gasteiger partial charge < -0.3 is 10.7 Å².